The molecule has 0 fully saturated rings. The number of sulfonamides is 1. The number of rotatable bonds is 14. The smallest absolute Gasteiger partial charge is 0.264 e. The largest absolute Gasteiger partial charge is 0.354 e. The highest BCUT2D eigenvalue weighted by molar-refractivity contribution is 7.98. The van der Waals surface area contributed by atoms with E-state index < -0.39 is 28.5 Å². The number of thioether (sulfide) groups is 1. The maximum Gasteiger partial charge on any atom is 0.264 e. The van der Waals surface area contributed by atoms with Crippen molar-refractivity contribution in [1.29, 1.82) is 0 Å². The van der Waals surface area contributed by atoms with E-state index in [9.17, 15) is 18.0 Å². The van der Waals surface area contributed by atoms with Gasteiger partial charge in [0.25, 0.3) is 10.0 Å². The number of nitrogens with zero attached hydrogens (tertiary/aromatic N) is 2. The van der Waals surface area contributed by atoms with E-state index >= 15 is 0 Å². The molecule has 0 saturated heterocycles. The second-order valence-electron chi connectivity index (χ2n) is 11.0. The molecule has 0 aliphatic heterocycles. The highest BCUT2D eigenvalue weighted by Gasteiger charge is 2.34. The van der Waals surface area contributed by atoms with E-state index in [-0.39, 0.29) is 23.8 Å². The maximum absolute atomic E-state index is 14.5. The summed E-state index contributed by atoms with van der Waals surface area (Å²) >= 11 is 1.52. The van der Waals surface area contributed by atoms with Gasteiger partial charge in [0.05, 0.1) is 10.6 Å². The Labute approximate surface area is 271 Å². The Kier molecular flexibility index (Phi) is 11.8. The van der Waals surface area contributed by atoms with Gasteiger partial charge in [-0.05, 0) is 74.0 Å². The standard InChI is InChI=1S/C36H41N3O4S2/c1-5-22-37-36(41)34(24-29-11-7-6-8-12-29)38(25-30-13-9-10-28(3)23-30)35(40)26-39(31-16-14-27(2)15-17-31)45(42,43)33-20-18-32(44-4)19-21-33/h6-21,23,34H,5,22,24-26H2,1-4H3,(H,37,41)/t34-/m1/s1. The van der Waals surface area contributed by atoms with Crippen LogP contribution in [0.15, 0.2) is 113 Å². The van der Waals surface area contributed by atoms with Crippen molar-refractivity contribution in [1.82, 2.24) is 10.2 Å². The molecule has 0 aliphatic rings. The van der Waals surface area contributed by atoms with E-state index in [1.165, 1.54) is 16.7 Å². The van der Waals surface area contributed by atoms with Gasteiger partial charge in [-0.15, -0.1) is 11.8 Å². The van der Waals surface area contributed by atoms with Crippen LogP contribution < -0.4 is 9.62 Å². The summed E-state index contributed by atoms with van der Waals surface area (Å²) in [7, 11) is -4.14. The molecule has 2 amide bonds. The van der Waals surface area contributed by atoms with Gasteiger partial charge in [0, 0.05) is 24.4 Å². The average Bonchev–Trinajstić information content (AvgIpc) is 3.05. The third-order valence-electron chi connectivity index (χ3n) is 7.50. The Morgan fingerprint density at radius 2 is 1.49 bits per heavy atom. The first kappa shape index (κ1) is 33.8. The Morgan fingerprint density at radius 1 is 0.822 bits per heavy atom. The van der Waals surface area contributed by atoms with Crippen molar-refractivity contribution >= 4 is 39.3 Å². The number of nitrogens with one attached hydrogen (secondary N) is 1. The summed E-state index contributed by atoms with van der Waals surface area (Å²) < 4.78 is 29.5. The molecule has 0 spiro atoms. The summed E-state index contributed by atoms with van der Waals surface area (Å²) in [5, 5.41) is 2.98. The molecule has 0 saturated carbocycles. The molecule has 0 bridgehead atoms. The molecule has 7 nitrogen and oxygen atoms in total. The van der Waals surface area contributed by atoms with Crippen LogP contribution in [0.25, 0.3) is 0 Å². The van der Waals surface area contributed by atoms with Gasteiger partial charge in [-0.2, -0.15) is 0 Å². The van der Waals surface area contributed by atoms with Crippen LogP contribution in [-0.4, -0.2) is 50.5 Å². The molecule has 0 aliphatic carbocycles. The van der Waals surface area contributed by atoms with Crippen molar-refractivity contribution in [2.75, 3.05) is 23.7 Å². The van der Waals surface area contributed by atoms with Gasteiger partial charge in [-0.25, -0.2) is 8.42 Å². The quantitative estimate of drug-likeness (QED) is 0.161. The Bertz CT molecular complexity index is 1680. The topological polar surface area (TPSA) is 86.8 Å². The van der Waals surface area contributed by atoms with Crippen LogP contribution in [0.1, 0.15) is 35.6 Å². The Balaban J connectivity index is 1.79. The molecule has 9 heteroatoms. The van der Waals surface area contributed by atoms with Gasteiger partial charge in [0.1, 0.15) is 12.6 Å². The molecule has 1 atom stereocenters. The molecule has 0 heterocycles. The van der Waals surface area contributed by atoms with Crippen molar-refractivity contribution in [2.24, 2.45) is 0 Å². The van der Waals surface area contributed by atoms with E-state index in [4.69, 9.17) is 0 Å². The summed E-state index contributed by atoms with van der Waals surface area (Å²) in [5.74, 6) is -0.756. The van der Waals surface area contributed by atoms with Crippen molar-refractivity contribution in [2.45, 2.75) is 56.0 Å². The fourth-order valence-corrected chi connectivity index (χ4v) is 6.86. The number of hydrogen-bond acceptors (Lipinski definition) is 5. The highest BCUT2D eigenvalue weighted by atomic mass is 32.2. The molecule has 45 heavy (non-hydrogen) atoms. The summed E-state index contributed by atoms with van der Waals surface area (Å²) in [6.45, 7) is 5.99. The summed E-state index contributed by atoms with van der Waals surface area (Å²) in [6.07, 6.45) is 2.94. The zero-order chi connectivity index (χ0) is 32.4. The van der Waals surface area contributed by atoms with E-state index in [2.05, 4.69) is 5.32 Å². The molecule has 4 aromatic carbocycles. The summed E-state index contributed by atoms with van der Waals surface area (Å²) in [6, 6.07) is 30.2. The third kappa shape index (κ3) is 8.99. The number of anilines is 1. The molecular weight excluding hydrogens is 603 g/mol. The lowest BCUT2D eigenvalue weighted by Gasteiger charge is -2.34. The third-order valence-corrected chi connectivity index (χ3v) is 10.0. The number of aryl methyl sites for hydroxylation is 2. The van der Waals surface area contributed by atoms with Crippen molar-refractivity contribution in [3.63, 3.8) is 0 Å². The Hall–Kier alpha value is -4.08. The van der Waals surface area contributed by atoms with Crippen LogP contribution in [0.5, 0.6) is 0 Å². The lowest BCUT2D eigenvalue weighted by atomic mass is 10.0. The number of amides is 2. The monoisotopic (exact) mass is 643 g/mol. The van der Waals surface area contributed by atoms with Crippen molar-refractivity contribution in [3.8, 4) is 0 Å². The van der Waals surface area contributed by atoms with Gasteiger partial charge >= 0.3 is 0 Å². The SMILES string of the molecule is CCCNC(=O)[C@@H](Cc1ccccc1)N(Cc1cccc(C)c1)C(=O)CN(c1ccc(C)cc1)S(=O)(=O)c1ccc(SC)cc1. The minimum atomic E-state index is -4.14. The molecule has 4 aromatic rings. The van der Waals surface area contributed by atoms with E-state index in [1.54, 1.807) is 36.4 Å². The van der Waals surface area contributed by atoms with Crippen LogP contribution in [0.3, 0.4) is 0 Å². The van der Waals surface area contributed by atoms with Crippen LogP contribution in [-0.2, 0) is 32.6 Å². The molecule has 4 rings (SSSR count). The van der Waals surface area contributed by atoms with E-state index in [1.807, 2.05) is 93.8 Å². The minimum absolute atomic E-state index is 0.0837. The fraction of sp³-hybridized carbons (Fsp3) is 0.278. The first-order chi connectivity index (χ1) is 21.6. The minimum Gasteiger partial charge on any atom is -0.354 e. The second-order valence-corrected chi connectivity index (χ2v) is 13.8. The van der Waals surface area contributed by atoms with E-state index in [0.29, 0.717) is 12.2 Å². The summed E-state index contributed by atoms with van der Waals surface area (Å²) in [5.41, 5.74) is 4.10. The zero-order valence-electron chi connectivity index (χ0n) is 26.3. The maximum atomic E-state index is 14.5. The van der Waals surface area contributed by atoms with Crippen LogP contribution in [0.2, 0.25) is 0 Å². The van der Waals surface area contributed by atoms with Crippen LogP contribution in [0.4, 0.5) is 5.69 Å². The lowest BCUT2D eigenvalue weighted by molar-refractivity contribution is -0.140. The second kappa shape index (κ2) is 15.8. The molecular formula is C36H41N3O4S2. The zero-order valence-corrected chi connectivity index (χ0v) is 27.9. The fourth-order valence-electron chi connectivity index (χ4n) is 5.04. The number of carbonyl (C=O) groups is 2. The number of hydrogen-bond donors (Lipinski definition) is 1. The predicted octanol–water partition coefficient (Wildman–Crippen LogP) is 6.39. The van der Waals surface area contributed by atoms with Gasteiger partial charge in [-0.1, -0.05) is 84.8 Å². The average molecular weight is 644 g/mol. The molecule has 1 N–H and O–H groups in total. The number of benzene rings is 4. The van der Waals surface area contributed by atoms with Crippen LogP contribution >= 0.6 is 11.8 Å². The first-order valence-electron chi connectivity index (χ1n) is 15.0. The Morgan fingerprint density at radius 3 is 2.11 bits per heavy atom. The van der Waals surface area contributed by atoms with E-state index in [0.717, 1.165) is 37.9 Å². The van der Waals surface area contributed by atoms with Gasteiger partial charge < -0.3 is 10.2 Å². The number of carbonyl (C=O) groups excluding carboxylic acids is 2. The van der Waals surface area contributed by atoms with Gasteiger partial charge in [-0.3, -0.25) is 13.9 Å². The van der Waals surface area contributed by atoms with Gasteiger partial charge in [0.2, 0.25) is 11.8 Å². The van der Waals surface area contributed by atoms with Gasteiger partial charge in [0.15, 0.2) is 0 Å². The normalized spacial score (nSPS) is 11.9. The molecule has 0 radical (unpaired) electrons. The van der Waals surface area contributed by atoms with Crippen molar-refractivity contribution in [3.05, 3.63) is 125 Å². The molecule has 0 aromatic heterocycles. The predicted molar refractivity (Wildman–Crippen MR) is 183 cm³/mol. The first-order valence-corrected chi connectivity index (χ1v) is 17.7. The van der Waals surface area contributed by atoms with Crippen molar-refractivity contribution < 1.29 is 18.0 Å². The van der Waals surface area contributed by atoms with Crippen LogP contribution in [0, 0.1) is 13.8 Å². The molecule has 236 valence electrons. The molecule has 0 unspecified atom stereocenters. The lowest BCUT2D eigenvalue weighted by Crippen LogP contribution is -2.53. The summed E-state index contributed by atoms with van der Waals surface area (Å²) in [4.78, 5) is 30.8. The highest BCUT2D eigenvalue weighted by Crippen LogP contribution is 2.27.